The number of para-hydroxylation sites is 1. The van der Waals surface area contributed by atoms with E-state index in [2.05, 4.69) is 17.2 Å². The molecule has 0 aliphatic carbocycles. The van der Waals surface area contributed by atoms with Crippen LogP contribution in [-0.4, -0.2) is 10.9 Å². The first-order chi connectivity index (χ1) is 9.20. The predicted molar refractivity (Wildman–Crippen MR) is 77.6 cm³/mol. The number of nitrogens with one attached hydrogen (secondary N) is 1. The zero-order valence-electron chi connectivity index (χ0n) is 10.7. The molecule has 3 nitrogen and oxygen atoms in total. The maximum atomic E-state index is 12.1. The van der Waals surface area contributed by atoms with Gasteiger partial charge in [-0.1, -0.05) is 49.2 Å². The van der Waals surface area contributed by atoms with Gasteiger partial charge < -0.3 is 5.32 Å². The summed E-state index contributed by atoms with van der Waals surface area (Å²) in [5, 5.41) is 3.19. The minimum atomic E-state index is -0.244. The van der Waals surface area contributed by atoms with Crippen molar-refractivity contribution in [2.45, 2.75) is 19.8 Å². The molecular formula is C15H15ClN2O. The van der Waals surface area contributed by atoms with Gasteiger partial charge in [-0.05, 0) is 30.2 Å². The quantitative estimate of drug-likeness (QED) is 0.858. The lowest BCUT2D eigenvalue weighted by Crippen LogP contribution is -2.14. The van der Waals surface area contributed by atoms with E-state index >= 15 is 0 Å². The number of aromatic nitrogens is 1. The minimum absolute atomic E-state index is 0.244. The van der Waals surface area contributed by atoms with Crippen LogP contribution in [0.4, 0.5) is 5.69 Å². The molecule has 0 unspecified atom stereocenters. The Bertz CT molecular complexity index is 584. The second-order valence-corrected chi connectivity index (χ2v) is 4.59. The van der Waals surface area contributed by atoms with Gasteiger partial charge in [0, 0.05) is 5.69 Å². The van der Waals surface area contributed by atoms with E-state index < -0.39 is 0 Å². The molecule has 98 valence electrons. The number of nitrogens with zero attached hydrogens (tertiary/aromatic N) is 1. The normalized spacial score (nSPS) is 10.2. The van der Waals surface area contributed by atoms with E-state index in [9.17, 15) is 4.79 Å². The Kier molecular flexibility index (Phi) is 4.53. The van der Waals surface area contributed by atoms with Gasteiger partial charge in [-0.2, -0.15) is 0 Å². The lowest BCUT2D eigenvalue weighted by atomic mass is 10.1. The summed E-state index contributed by atoms with van der Waals surface area (Å²) in [6, 6.07) is 12.8. The first-order valence-electron chi connectivity index (χ1n) is 6.22. The summed E-state index contributed by atoms with van der Waals surface area (Å²) in [5.74, 6) is -0.244. The van der Waals surface area contributed by atoms with E-state index in [-0.39, 0.29) is 5.91 Å². The first-order valence-corrected chi connectivity index (χ1v) is 6.60. The highest BCUT2D eigenvalue weighted by Crippen LogP contribution is 2.17. The number of amides is 1. The van der Waals surface area contributed by atoms with Gasteiger partial charge in [0.25, 0.3) is 5.91 Å². The van der Waals surface area contributed by atoms with Crippen LogP contribution in [0.5, 0.6) is 0 Å². The third-order valence-corrected chi connectivity index (χ3v) is 2.94. The molecule has 0 bridgehead atoms. The molecule has 2 rings (SSSR count). The molecule has 0 atom stereocenters. The van der Waals surface area contributed by atoms with Crippen LogP contribution in [0.3, 0.4) is 0 Å². The van der Waals surface area contributed by atoms with Gasteiger partial charge in [-0.15, -0.1) is 0 Å². The van der Waals surface area contributed by atoms with E-state index in [1.165, 1.54) is 0 Å². The molecule has 1 N–H and O–H groups in total. The number of halogens is 1. The molecule has 0 fully saturated rings. The molecule has 1 aromatic carbocycles. The number of aryl methyl sites for hydroxylation is 1. The molecule has 0 spiro atoms. The Morgan fingerprint density at radius 1 is 1.21 bits per heavy atom. The van der Waals surface area contributed by atoms with Crippen LogP contribution in [0.1, 0.15) is 29.4 Å². The zero-order valence-corrected chi connectivity index (χ0v) is 11.4. The van der Waals surface area contributed by atoms with Crippen molar-refractivity contribution < 1.29 is 4.79 Å². The number of hydrogen-bond donors (Lipinski definition) is 1. The van der Waals surface area contributed by atoms with Gasteiger partial charge in [0.1, 0.15) is 10.8 Å². The van der Waals surface area contributed by atoms with Crippen LogP contribution in [0, 0.1) is 0 Å². The number of anilines is 1. The summed E-state index contributed by atoms with van der Waals surface area (Å²) in [7, 11) is 0. The van der Waals surface area contributed by atoms with Crippen molar-refractivity contribution >= 4 is 23.2 Å². The summed E-state index contributed by atoms with van der Waals surface area (Å²) < 4.78 is 0. The fourth-order valence-electron chi connectivity index (χ4n) is 1.85. The Morgan fingerprint density at radius 2 is 2.00 bits per heavy atom. The maximum Gasteiger partial charge on any atom is 0.274 e. The largest absolute Gasteiger partial charge is 0.320 e. The van der Waals surface area contributed by atoms with Crippen LogP contribution in [0.25, 0.3) is 0 Å². The molecule has 2 aromatic rings. The highest BCUT2D eigenvalue weighted by Gasteiger charge is 2.10. The fourth-order valence-corrected chi connectivity index (χ4v) is 2.01. The molecule has 4 heteroatoms. The first kappa shape index (κ1) is 13.6. The summed E-state index contributed by atoms with van der Waals surface area (Å²) in [6.07, 6.45) is 1.96. The molecular weight excluding hydrogens is 260 g/mol. The van der Waals surface area contributed by atoms with E-state index in [1.54, 1.807) is 18.2 Å². The number of benzene rings is 1. The lowest BCUT2D eigenvalue weighted by molar-refractivity contribution is 0.102. The average molecular weight is 275 g/mol. The molecule has 0 radical (unpaired) electrons. The highest BCUT2D eigenvalue weighted by atomic mass is 35.5. The second kappa shape index (κ2) is 6.34. The van der Waals surface area contributed by atoms with E-state index in [1.807, 2.05) is 24.3 Å². The van der Waals surface area contributed by atoms with Crippen LogP contribution in [-0.2, 0) is 6.42 Å². The monoisotopic (exact) mass is 274 g/mol. The zero-order chi connectivity index (χ0) is 13.7. The van der Waals surface area contributed by atoms with Gasteiger partial charge in [0.15, 0.2) is 0 Å². The lowest BCUT2D eigenvalue weighted by Gasteiger charge is -2.10. The fraction of sp³-hybridized carbons (Fsp3) is 0.200. The highest BCUT2D eigenvalue weighted by molar-refractivity contribution is 6.29. The number of hydrogen-bond acceptors (Lipinski definition) is 2. The molecule has 0 saturated heterocycles. The molecule has 0 saturated carbocycles. The van der Waals surface area contributed by atoms with Gasteiger partial charge in [0.2, 0.25) is 0 Å². The van der Waals surface area contributed by atoms with Crippen molar-refractivity contribution in [2.75, 3.05) is 5.32 Å². The second-order valence-electron chi connectivity index (χ2n) is 4.21. The van der Waals surface area contributed by atoms with Crippen molar-refractivity contribution in [1.29, 1.82) is 0 Å². The molecule has 1 amide bonds. The van der Waals surface area contributed by atoms with Crippen LogP contribution in [0.15, 0.2) is 42.5 Å². The summed E-state index contributed by atoms with van der Waals surface area (Å²) in [6.45, 7) is 2.11. The summed E-state index contributed by atoms with van der Waals surface area (Å²) >= 11 is 5.78. The minimum Gasteiger partial charge on any atom is -0.320 e. The summed E-state index contributed by atoms with van der Waals surface area (Å²) in [4.78, 5) is 16.1. The molecule has 0 aliphatic heterocycles. The summed E-state index contributed by atoms with van der Waals surface area (Å²) in [5.41, 5.74) is 2.27. The number of carbonyl (C=O) groups excluding carboxylic acids is 1. The van der Waals surface area contributed by atoms with Crippen molar-refractivity contribution in [3.8, 4) is 0 Å². The molecule has 19 heavy (non-hydrogen) atoms. The van der Waals surface area contributed by atoms with Crippen LogP contribution in [0.2, 0.25) is 5.15 Å². The van der Waals surface area contributed by atoms with Gasteiger partial charge in [-0.25, -0.2) is 4.98 Å². The van der Waals surface area contributed by atoms with Crippen LogP contribution >= 0.6 is 11.6 Å². The van der Waals surface area contributed by atoms with Crippen LogP contribution < -0.4 is 5.32 Å². The maximum absolute atomic E-state index is 12.1. The Morgan fingerprint density at radius 3 is 2.74 bits per heavy atom. The topological polar surface area (TPSA) is 42.0 Å². The smallest absolute Gasteiger partial charge is 0.274 e. The predicted octanol–water partition coefficient (Wildman–Crippen LogP) is 3.94. The Hall–Kier alpha value is -1.87. The van der Waals surface area contributed by atoms with Gasteiger partial charge in [0.05, 0.1) is 0 Å². The van der Waals surface area contributed by atoms with Crippen molar-refractivity contribution in [3.05, 3.63) is 58.9 Å². The van der Waals surface area contributed by atoms with E-state index in [0.717, 1.165) is 24.1 Å². The van der Waals surface area contributed by atoms with E-state index in [0.29, 0.717) is 10.8 Å². The Balaban J connectivity index is 2.19. The van der Waals surface area contributed by atoms with Crippen molar-refractivity contribution in [3.63, 3.8) is 0 Å². The number of carbonyl (C=O) groups is 1. The molecule has 1 aromatic heterocycles. The third-order valence-electron chi connectivity index (χ3n) is 2.73. The molecule has 1 heterocycles. The SMILES string of the molecule is CCCc1ccccc1NC(=O)c1cccc(Cl)n1. The average Bonchev–Trinajstić information content (AvgIpc) is 2.41. The van der Waals surface area contributed by atoms with Gasteiger partial charge >= 0.3 is 0 Å². The molecule has 0 aliphatic rings. The van der Waals surface area contributed by atoms with E-state index in [4.69, 9.17) is 11.6 Å². The van der Waals surface area contributed by atoms with Crippen molar-refractivity contribution in [1.82, 2.24) is 4.98 Å². The van der Waals surface area contributed by atoms with Crippen molar-refractivity contribution in [2.24, 2.45) is 0 Å². The number of rotatable bonds is 4. The van der Waals surface area contributed by atoms with Gasteiger partial charge in [-0.3, -0.25) is 4.79 Å². The Labute approximate surface area is 117 Å². The standard InChI is InChI=1S/C15H15ClN2O/c1-2-6-11-7-3-4-8-12(11)18-15(19)13-9-5-10-14(16)17-13/h3-5,7-10H,2,6H2,1H3,(H,18,19). The number of pyridine rings is 1. The third kappa shape index (κ3) is 3.55.